The van der Waals surface area contributed by atoms with Gasteiger partial charge in [-0.3, -0.25) is 4.79 Å². The van der Waals surface area contributed by atoms with Crippen molar-refractivity contribution in [2.75, 3.05) is 0 Å². The van der Waals surface area contributed by atoms with Crippen molar-refractivity contribution in [1.82, 2.24) is 4.72 Å². The van der Waals surface area contributed by atoms with Crippen LogP contribution in [0.25, 0.3) is 0 Å². The van der Waals surface area contributed by atoms with E-state index in [2.05, 4.69) is 4.72 Å². The highest BCUT2D eigenvalue weighted by Crippen LogP contribution is 2.27. The van der Waals surface area contributed by atoms with Crippen molar-refractivity contribution < 1.29 is 18.3 Å². The Hall–Kier alpha value is -0.920. The molecule has 1 aliphatic carbocycles. The van der Waals surface area contributed by atoms with Gasteiger partial charge in [-0.25, -0.2) is 13.1 Å². The molecule has 2 unspecified atom stereocenters. The van der Waals surface area contributed by atoms with Crippen LogP contribution >= 0.6 is 11.3 Å². The van der Waals surface area contributed by atoms with Gasteiger partial charge in [0.25, 0.3) is 0 Å². The molecule has 1 aromatic rings. The van der Waals surface area contributed by atoms with E-state index in [0.717, 1.165) is 11.3 Å². The van der Waals surface area contributed by atoms with Crippen molar-refractivity contribution in [3.63, 3.8) is 0 Å². The second kappa shape index (κ2) is 5.60. The summed E-state index contributed by atoms with van der Waals surface area (Å²) in [5.41, 5.74) is 0. The number of rotatable bonds is 4. The molecule has 2 N–H and O–H groups in total. The number of thiophene rings is 1. The SMILES string of the molecule is Cc1ccc(S(=O)(=O)NC2CCCC(C(=O)O)C2)s1. The van der Waals surface area contributed by atoms with Gasteiger partial charge in [-0.1, -0.05) is 6.42 Å². The van der Waals surface area contributed by atoms with E-state index in [1.54, 1.807) is 12.1 Å². The van der Waals surface area contributed by atoms with Gasteiger partial charge in [0.2, 0.25) is 10.0 Å². The van der Waals surface area contributed by atoms with Gasteiger partial charge in [0, 0.05) is 10.9 Å². The molecule has 0 aromatic carbocycles. The summed E-state index contributed by atoms with van der Waals surface area (Å²) in [4.78, 5) is 11.9. The maximum atomic E-state index is 12.1. The molecule has 0 saturated heterocycles. The van der Waals surface area contributed by atoms with Crippen molar-refractivity contribution in [2.45, 2.75) is 42.9 Å². The summed E-state index contributed by atoms with van der Waals surface area (Å²) >= 11 is 1.22. The predicted molar refractivity (Wildman–Crippen MR) is 72.8 cm³/mol. The molecule has 0 radical (unpaired) electrons. The summed E-state index contributed by atoms with van der Waals surface area (Å²) in [5.74, 6) is -1.28. The van der Waals surface area contributed by atoms with Crippen LogP contribution in [0.2, 0.25) is 0 Å². The third-order valence-electron chi connectivity index (χ3n) is 3.33. The van der Waals surface area contributed by atoms with Crippen LogP contribution in [0.15, 0.2) is 16.3 Å². The van der Waals surface area contributed by atoms with Crippen LogP contribution in [0.4, 0.5) is 0 Å². The van der Waals surface area contributed by atoms with Crippen LogP contribution in [0.3, 0.4) is 0 Å². The van der Waals surface area contributed by atoms with Crippen molar-refractivity contribution in [2.24, 2.45) is 5.92 Å². The van der Waals surface area contributed by atoms with Crippen LogP contribution < -0.4 is 4.72 Å². The number of carbonyl (C=O) groups is 1. The maximum Gasteiger partial charge on any atom is 0.306 e. The third-order valence-corrected chi connectivity index (χ3v) is 6.34. The molecular formula is C12H17NO4S2. The van der Waals surface area contributed by atoms with E-state index in [1.807, 2.05) is 6.92 Å². The minimum Gasteiger partial charge on any atom is -0.481 e. The van der Waals surface area contributed by atoms with Gasteiger partial charge in [-0.05, 0) is 38.3 Å². The zero-order chi connectivity index (χ0) is 14.0. The van der Waals surface area contributed by atoms with E-state index in [4.69, 9.17) is 5.11 Å². The van der Waals surface area contributed by atoms with Crippen molar-refractivity contribution in [3.8, 4) is 0 Å². The summed E-state index contributed by atoms with van der Waals surface area (Å²) in [6, 6.07) is 3.07. The van der Waals surface area contributed by atoms with E-state index >= 15 is 0 Å². The van der Waals surface area contributed by atoms with Gasteiger partial charge in [0.15, 0.2) is 0 Å². The number of aliphatic carboxylic acids is 1. The van der Waals surface area contributed by atoms with Gasteiger partial charge in [-0.2, -0.15) is 0 Å². The number of carboxylic acids is 1. The summed E-state index contributed by atoms with van der Waals surface area (Å²) in [7, 11) is -3.51. The first-order valence-corrected chi connectivity index (χ1v) is 8.50. The summed E-state index contributed by atoms with van der Waals surface area (Å²) in [6.07, 6.45) is 2.45. The second-order valence-corrected chi connectivity index (χ2v) is 8.11. The molecule has 0 aliphatic heterocycles. The van der Waals surface area contributed by atoms with E-state index in [1.165, 1.54) is 11.3 Å². The van der Waals surface area contributed by atoms with Crippen LogP contribution in [-0.2, 0) is 14.8 Å². The monoisotopic (exact) mass is 303 g/mol. The van der Waals surface area contributed by atoms with Crippen LogP contribution in [0.1, 0.15) is 30.6 Å². The Morgan fingerprint density at radius 3 is 2.74 bits per heavy atom. The van der Waals surface area contributed by atoms with E-state index in [0.29, 0.717) is 23.5 Å². The number of carboxylic acid groups (broad SMARTS) is 1. The first-order valence-electron chi connectivity index (χ1n) is 6.20. The molecule has 1 aliphatic rings. The fraction of sp³-hybridized carbons (Fsp3) is 0.583. The summed E-state index contributed by atoms with van der Waals surface area (Å²) in [5, 5.41) is 9.00. The molecule has 1 saturated carbocycles. The lowest BCUT2D eigenvalue weighted by molar-refractivity contribution is -0.143. The van der Waals surface area contributed by atoms with Crippen LogP contribution in [-0.4, -0.2) is 25.5 Å². The zero-order valence-corrected chi connectivity index (χ0v) is 12.3. The lowest BCUT2D eigenvalue weighted by Crippen LogP contribution is -2.39. The van der Waals surface area contributed by atoms with E-state index in [-0.39, 0.29) is 6.04 Å². The molecule has 7 heteroatoms. The van der Waals surface area contributed by atoms with Gasteiger partial charge < -0.3 is 5.11 Å². The lowest BCUT2D eigenvalue weighted by atomic mass is 9.86. The van der Waals surface area contributed by atoms with E-state index in [9.17, 15) is 13.2 Å². The number of aryl methyl sites for hydroxylation is 1. The second-order valence-electron chi connectivity index (χ2n) is 4.89. The number of hydrogen-bond acceptors (Lipinski definition) is 4. The van der Waals surface area contributed by atoms with Crippen LogP contribution in [0, 0.1) is 12.8 Å². The largest absolute Gasteiger partial charge is 0.481 e. The Morgan fingerprint density at radius 2 is 2.16 bits per heavy atom. The van der Waals surface area contributed by atoms with Crippen LogP contribution in [0.5, 0.6) is 0 Å². The molecule has 0 bridgehead atoms. The average Bonchev–Trinajstić information content (AvgIpc) is 2.76. The Bertz CT molecular complexity index is 564. The Balaban J connectivity index is 2.06. The minimum atomic E-state index is -3.51. The number of hydrogen-bond donors (Lipinski definition) is 2. The molecule has 1 aromatic heterocycles. The maximum absolute atomic E-state index is 12.1. The molecule has 2 rings (SSSR count). The first-order chi connectivity index (χ1) is 8.88. The summed E-state index contributed by atoms with van der Waals surface area (Å²) in [6.45, 7) is 1.85. The molecule has 106 valence electrons. The Kier molecular flexibility index (Phi) is 4.27. The average molecular weight is 303 g/mol. The highest BCUT2D eigenvalue weighted by atomic mass is 32.2. The molecular weight excluding hydrogens is 286 g/mol. The number of sulfonamides is 1. The Morgan fingerprint density at radius 1 is 1.42 bits per heavy atom. The standard InChI is InChI=1S/C12H17NO4S2/c1-8-5-6-11(18-8)19(16,17)13-10-4-2-3-9(7-10)12(14)15/h5-6,9-10,13H,2-4,7H2,1H3,(H,14,15). The predicted octanol–water partition coefficient (Wildman–Crippen LogP) is 1.98. The highest BCUT2D eigenvalue weighted by molar-refractivity contribution is 7.91. The molecule has 0 spiro atoms. The number of nitrogens with one attached hydrogen (secondary N) is 1. The lowest BCUT2D eigenvalue weighted by Gasteiger charge is -2.26. The van der Waals surface area contributed by atoms with Gasteiger partial charge in [0.1, 0.15) is 4.21 Å². The first kappa shape index (κ1) is 14.5. The minimum absolute atomic E-state index is 0.276. The molecule has 19 heavy (non-hydrogen) atoms. The molecule has 1 fully saturated rings. The van der Waals surface area contributed by atoms with Gasteiger partial charge >= 0.3 is 5.97 Å². The fourth-order valence-corrected chi connectivity index (χ4v) is 4.94. The van der Waals surface area contributed by atoms with Crippen molar-refractivity contribution in [3.05, 3.63) is 17.0 Å². The van der Waals surface area contributed by atoms with Crippen molar-refractivity contribution >= 4 is 27.3 Å². The van der Waals surface area contributed by atoms with Crippen molar-refractivity contribution in [1.29, 1.82) is 0 Å². The topological polar surface area (TPSA) is 83.5 Å². The summed E-state index contributed by atoms with van der Waals surface area (Å²) < 4.78 is 27.2. The fourth-order valence-electron chi connectivity index (χ4n) is 2.36. The van der Waals surface area contributed by atoms with Gasteiger partial charge in [-0.15, -0.1) is 11.3 Å². The third kappa shape index (κ3) is 3.55. The highest BCUT2D eigenvalue weighted by Gasteiger charge is 2.30. The molecule has 5 nitrogen and oxygen atoms in total. The zero-order valence-electron chi connectivity index (χ0n) is 10.6. The molecule has 0 amide bonds. The van der Waals surface area contributed by atoms with E-state index < -0.39 is 21.9 Å². The smallest absolute Gasteiger partial charge is 0.306 e. The Labute approximate surface area is 116 Å². The molecule has 2 atom stereocenters. The quantitative estimate of drug-likeness (QED) is 0.891. The van der Waals surface area contributed by atoms with Gasteiger partial charge in [0.05, 0.1) is 5.92 Å². The molecule has 1 heterocycles. The normalized spacial score (nSPS) is 24.3.